The van der Waals surface area contributed by atoms with Crippen LogP contribution < -0.4 is 4.90 Å². The normalized spacial score (nSPS) is 23.2. The van der Waals surface area contributed by atoms with E-state index in [1.54, 1.807) is 9.80 Å². The molecular weight excluding hydrogens is 308 g/mol. The lowest BCUT2D eigenvalue weighted by molar-refractivity contribution is -0.145. The molecule has 1 saturated heterocycles. The standard InChI is InChI=1S/C18H18N2O4/c1-24-18(23)15-8-12(21)9-19(15)10-20-14-7-3-5-11-4-2-6-13(16(11)14)17(20)22/h2-7,12,15,21H,8-10H2,1H3/t12-,15-/m0/s1. The molecule has 0 aromatic heterocycles. The molecule has 24 heavy (non-hydrogen) atoms. The maximum absolute atomic E-state index is 12.8. The molecule has 2 heterocycles. The fraction of sp³-hybridized carbons (Fsp3) is 0.333. The molecule has 2 atom stereocenters. The number of esters is 1. The van der Waals surface area contributed by atoms with Crippen LogP contribution in [-0.4, -0.2) is 54.4 Å². The van der Waals surface area contributed by atoms with Crippen molar-refractivity contribution in [1.29, 1.82) is 0 Å². The number of ether oxygens (including phenoxy) is 1. The first-order valence-corrected chi connectivity index (χ1v) is 7.93. The summed E-state index contributed by atoms with van der Waals surface area (Å²) in [6, 6.07) is 11.0. The van der Waals surface area contributed by atoms with Gasteiger partial charge in [0, 0.05) is 23.9 Å². The number of hydrogen-bond acceptors (Lipinski definition) is 5. The quantitative estimate of drug-likeness (QED) is 0.863. The Morgan fingerprint density at radius 1 is 1.29 bits per heavy atom. The molecule has 2 aliphatic heterocycles. The van der Waals surface area contributed by atoms with Gasteiger partial charge in [-0.15, -0.1) is 0 Å². The summed E-state index contributed by atoms with van der Waals surface area (Å²) < 4.78 is 4.83. The van der Waals surface area contributed by atoms with E-state index in [1.807, 2.05) is 36.4 Å². The van der Waals surface area contributed by atoms with Crippen LogP contribution in [0.4, 0.5) is 5.69 Å². The van der Waals surface area contributed by atoms with E-state index >= 15 is 0 Å². The number of likely N-dealkylation sites (tertiary alicyclic amines) is 1. The van der Waals surface area contributed by atoms with Gasteiger partial charge in [-0.05, 0) is 17.5 Å². The lowest BCUT2D eigenvalue weighted by atomic mass is 10.1. The number of aliphatic hydroxyl groups is 1. The van der Waals surface area contributed by atoms with E-state index in [4.69, 9.17) is 4.74 Å². The number of rotatable bonds is 3. The topological polar surface area (TPSA) is 70.1 Å². The van der Waals surface area contributed by atoms with Crippen LogP contribution >= 0.6 is 0 Å². The summed E-state index contributed by atoms with van der Waals surface area (Å²) in [5, 5.41) is 11.9. The highest BCUT2D eigenvalue weighted by Crippen LogP contribution is 2.37. The SMILES string of the molecule is COC(=O)[C@@H]1C[C@H](O)CN1CN1C(=O)c2cccc3cccc1c23. The summed E-state index contributed by atoms with van der Waals surface area (Å²) in [7, 11) is 1.34. The van der Waals surface area contributed by atoms with Gasteiger partial charge >= 0.3 is 5.97 Å². The van der Waals surface area contributed by atoms with E-state index in [-0.39, 0.29) is 18.5 Å². The van der Waals surface area contributed by atoms with Crippen molar-refractivity contribution < 1.29 is 19.4 Å². The third-order valence-electron chi connectivity index (χ3n) is 4.83. The Kier molecular flexibility index (Phi) is 3.51. The maximum Gasteiger partial charge on any atom is 0.323 e. The minimum Gasteiger partial charge on any atom is -0.468 e. The lowest BCUT2D eigenvalue weighted by Crippen LogP contribution is -2.45. The minimum atomic E-state index is -0.593. The van der Waals surface area contributed by atoms with Gasteiger partial charge in [-0.3, -0.25) is 19.4 Å². The van der Waals surface area contributed by atoms with Crippen LogP contribution in [0.5, 0.6) is 0 Å². The average molecular weight is 326 g/mol. The summed E-state index contributed by atoms with van der Waals surface area (Å²) in [5.74, 6) is -0.458. The van der Waals surface area contributed by atoms with Gasteiger partial charge in [-0.25, -0.2) is 0 Å². The summed E-state index contributed by atoms with van der Waals surface area (Å²) in [6.07, 6.45) is -0.267. The molecule has 0 bridgehead atoms. The molecule has 2 aromatic carbocycles. The zero-order valence-corrected chi connectivity index (χ0v) is 13.3. The Bertz CT molecular complexity index is 830. The molecule has 0 spiro atoms. The van der Waals surface area contributed by atoms with Gasteiger partial charge in [0.15, 0.2) is 0 Å². The first-order valence-electron chi connectivity index (χ1n) is 7.93. The van der Waals surface area contributed by atoms with Gasteiger partial charge in [0.2, 0.25) is 0 Å². The van der Waals surface area contributed by atoms with Crippen molar-refractivity contribution in [3.63, 3.8) is 0 Å². The number of amides is 1. The maximum atomic E-state index is 12.8. The van der Waals surface area contributed by atoms with E-state index in [0.717, 1.165) is 16.5 Å². The van der Waals surface area contributed by atoms with Crippen molar-refractivity contribution in [2.24, 2.45) is 0 Å². The lowest BCUT2D eigenvalue weighted by Gasteiger charge is -2.28. The molecule has 2 aliphatic rings. The molecule has 0 unspecified atom stereocenters. The first kappa shape index (κ1) is 15.1. The Morgan fingerprint density at radius 2 is 2.04 bits per heavy atom. The summed E-state index contributed by atoms with van der Waals surface area (Å²) in [5.41, 5.74) is 1.52. The summed E-state index contributed by atoms with van der Waals surface area (Å²) in [4.78, 5) is 28.2. The first-order chi connectivity index (χ1) is 11.6. The van der Waals surface area contributed by atoms with Crippen LogP contribution in [0.2, 0.25) is 0 Å². The molecule has 0 saturated carbocycles. The largest absolute Gasteiger partial charge is 0.468 e. The van der Waals surface area contributed by atoms with Crippen LogP contribution in [0.25, 0.3) is 10.8 Å². The highest BCUT2D eigenvalue weighted by atomic mass is 16.5. The molecule has 124 valence electrons. The smallest absolute Gasteiger partial charge is 0.323 e. The highest BCUT2D eigenvalue weighted by molar-refractivity contribution is 6.24. The van der Waals surface area contributed by atoms with E-state index in [1.165, 1.54) is 7.11 Å². The van der Waals surface area contributed by atoms with E-state index in [9.17, 15) is 14.7 Å². The van der Waals surface area contributed by atoms with Gasteiger partial charge in [0.25, 0.3) is 5.91 Å². The van der Waals surface area contributed by atoms with E-state index in [0.29, 0.717) is 18.5 Å². The van der Waals surface area contributed by atoms with Crippen molar-refractivity contribution in [2.75, 3.05) is 25.2 Å². The second-order valence-electron chi connectivity index (χ2n) is 6.26. The third-order valence-corrected chi connectivity index (χ3v) is 4.83. The molecule has 6 heteroatoms. The monoisotopic (exact) mass is 326 g/mol. The number of anilines is 1. The number of carbonyl (C=O) groups is 2. The van der Waals surface area contributed by atoms with Crippen molar-refractivity contribution in [2.45, 2.75) is 18.6 Å². The second-order valence-corrected chi connectivity index (χ2v) is 6.26. The fourth-order valence-corrected chi connectivity index (χ4v) is 3.72. The van der Waals surface area contributed by atoms with Crippen molar-refractivity contribution in [3.8, 4) is 0 Å². The molecular formula is C18H18N2O4. The molecule has 6 nitrogen and oxygen atoms in total. The van der Waals surface area contributed by atoms with Crippen LogP contribution in [0.3, 0.4) is 0 Å². The zero-order chi connectivity index (χ0) is 16.8. The number of carbonyl (C=O) groups excluding carboxylic acids is 2. The van der Waals surface area contributed by atoms with Gasteiger partial charge < -0.3 is 9.84 Å². The summed E-state index contributed by atoms with van der Waals surface area (Å²) >= 11 is 0. The number of hydrogen-bond donors (Lipinski definition) is 1. The predicted molar refractivity (Wildman–Crippen MR) is 88.8 cm³/mol. The van der Waals surface area contributed by atoms with Crippen LogP contribution in [0, 0.1) is 0 Å². The Labute approximate surface area is 139 Å². The van der Waals surface area contributed by atoms with E-state index < -0.39 is 12.1 Å². The van der Waals surface area contributed by atoms with Crippen molar-refractivity contribution >= 4 is 28.3 Å². The van der Waals surface area contributed by atoms with Crippen molar-refractivity contribution in [1.82, 2.24) is 4.90 Å². The molecule has 1 N–H and O–H groups in total. The Morgan fingerprint density at radius 3 is 2.79 bits per heavy atom. The number of benzene rings is 2. The van der Waals surface area contributed by atoms with E-state index in [2.05, 4.69) is 0 Å². The average Bonchev–Trinajstić information content (AvgIpc) is 3.09. The minimum absolute atomic E-state index is 0.0770. The van der Waals surface area contributed by atoms with Gasteiger partial charge in [0.1, 0.15) is 6.04 Å². The van der Waals surface area contributed by atoms with Gasteiger partial charge in [-0.1, -0.05) is 24.3 Å². The number of nitrogens with zero attached hydrogens (tertiary/aromatic N) is 2. The number of aliphatic hydroxyl groups excluding tert-OH is 1. The Hall–Kier alpha value is -2.44. The molecule has 1 fully saturated rings. The zero-order valence-electron chi connectivity index (χ0n) is 13.3. The molecule has 4 rings (SSSR count). The Balaban J connectivity index is 1.68. The number of β-amino-alcohol motifs (C(OH)–C–C–N with tert-alkyl or cyclic N) is 1. The number of methoxy groups -OCH3 is 1. The second kappa shape index (κ2) is 5.58. The molecule has 2 aromatic rings. The molecule has 1 amide bonds. The van der Waals surface area contributed by atoms with Crippen molar-refractivity contribution in [3.05, 3.63) is 42.0 Å². The van der Waals surface area contributed by atoms with Crippen LogP contribution in [0.1, 0.15) is 16.8 Å². The third kappa shape index (κ3) is 2.18. The fourth-order valence-electron chi connectivity index (χ4n) is 3.72. The highest BCUT2D eigenvalue weighted by Gasteiger charge is 2.40. The predicted octanol–water partition coefficient (Wildman–Crippen LogP) is 1.37. The summed E-state index contributed by atoms with van der Waals surface area (Å²) in [6.45, 7) is 0.597. The van der Waals surface area contributed by atoms with Crippen LogP contribution in [0.15, 0.2) is 36.4 Å². The molecule has 0 aliphatic carbocycles. The van der Waals surface area contributed by atoms with Gasteiger partial charge in [0.05, 0.1) is 25.6 Å². The van der Waals surface area contributed by atoms with Crippen LogP contribution in [-0.2, 0) is 9.53 Å². The molecule has 0 radical (unpaired) electrons. The van der Waals surface area contributed by atoms with Gasteiger partial charge in [-0.2, -0.15) is 0 Å².